The number of hydrogen-bond acceptors (Lipinski definition) is 4. The first-order chi connectivity index (χ1) is 6.31. The zero-order valence-corrected chi connectivity index (χ0v) is 8.49. The second-order valence-electron chi connectivity index (χ2n) is 3.11. The molecule has 0 radical (unpaired) electrons. The summed E-state index contributed by atoms with van der Waals surface area (Å²) in [6, 6.07) is 0. The van der Waals surface area contributed by atoms with Gasteiger partial charge in [0.15, 0.2) is 12.6 Å². The van der Waals surface area contributed by atoms with Crippen LogP contribution in [0.2, 0.25) is 0 Å². The summed E-state index contributed by atoms with van der Waals surface area (Å²) in [4.78, 5) is 0. The molecule has 1 saturated heterocycles. The molecule has 0 spiro atoms. The topological polar surface area (TPSA) is 36.9 Å². The van der Waals surface area contributed by atoms with Gasteiger partial charge in [-0.3, -0.25) is 0 Å². The number of rotatable bonds is 4. The smallest absolute Gasteiger partial charge is 0.183 e. The lowest BCUT2D eigenvalue weighted by molar-refractivity contribution is -0.253. The first-order valence-electron chi connectivity index (χ1n) is 4.55. The van der Waals surface area contributed by atoms with Gasteiger partial charge < -0.3 is 18.9 Å². The minimum absolute atomic E-state index is 0.00583. The van der Waals surface area contributed by atoms with E-state index in [9.17, 15) is 0 Å². The van der Waals surface area contributed by atoms with Crippen molar-refractivity contribution in [3.05, 3.63) is 0 Å². The van der Waals surface area contributed by atoms with Crippen molar-refractivity contribution in [1.29, 1.82) is 0 Å². The minimum Gasteiger partial charge on any atom is -0.356 e. The summed E-state index contributed by atoms with van der Waals surface area (Å²) >= 11 is 0. The predicted octanol–water partition coefficient (Wildman–Crippen LogP) is 1.15. The maximum Gasteiger partial charge on any atom is 0.183 e. The van der Waals surface area contributed by atoms with Crippen molar-refractivity contribution in [1.82, 2.24) is 0 Å². The molecule has 0 aromatic rings. The highest BCUT2D eigenvalue weighted by molar-refractivity contribution is 4.69. The van der Waals surface area contributed by atoms with Crippen molar-refractivity contribution in [3.63, 3.8) is 0 Å². The average molecular weight is 190 g/mol. The van der Waals surface area contributed by atoms with Gasteiger partial charge in [0.25, 0.3) is 0 Å². The third kappa shape index (κ3) is 2.91. The van der Waals surface area contributed by atoms with Crippen molar-refractivity contribution < 1.29 is 18.9 Å². The lowest BCUT2D eigenvalue weighted by Gasteiger charge is -2.32. The summed E-state index contributed by atoms with van der Waals surface area (Å²) in [7, 11) is 4.89. The Bertz CT molecular complexity index is 136. The van der Waals surface area contributed by atoms with E-state index in [4.69, 9.17) is 18.9 Å². The summed E-state index contributed by atoms with van der Waals surface area (Å²) in [6.45, 7) is 0. The third-order valence-electron chi connectivity index (χ3n) is 2.29. The second kappa shape index (κ2) is 5.54. The Balaban J connectivity index is 2.40. The van der Waals surface area contributed by atoms with Gasteiger partial charge in [-0.1, -0.05) is 0 Å². The Morgan fingerprint density at radius 2 is 1.85 bits per heavy atom. The van der Waals surface area contributed by atoms with Crippen LogP contribution < -0.4 is 0 Å². The van der Waals surface area contributed by atoms with Crippen LogP contribution in [0.3, 0.4) is 0 Å². The largest absolute Gasteiger partial charge is 0.356 e. The lowest BCUT2D eigenvalue weighted by Crippen LogP contribution is -2.39. The fourth-order valence-electron chi connectivity index (χ4n) is 1.59. The number of hydrogen-bond donors (Lipinski definition) is 0. The van der Waals surface area contributed by atoms with Gasteiger partial charge in [0.1, 0.15) is 6.10 Å². The molecule has 0 amide bonds. The zero-order chi connectivity index (χ0) is 9.68. The lowest BCUT2D eigenvalue weighted by atomic mass is 10.1. The molecule has 4 heteroatoms. The Morgan fingerprint density at radius 3 is 2.38 bits per heavy atom. The first-order valence-corrected chi connectivity index (χ1v) is 4.55. The van der Waals surface area contributed by atoms with Crippen molar-refractivity contribution >= 4 is 0 Å². The summed E-state index contributed by atoms with van der Waals surface area (Å²) < 4.78 is 21.0. The van der Waals surface area contributed by atoms with Crippen molar-refractivity contribution in [2.75, 3.05) is 21.3 Å². The molecule has 1 rings (SSSR count). The molecular formula is C9H18O4. The van der Waals surface area contributed by atoms with Crippen molar-refractivity contribution in [3.8, 4) is 0 Å². The van der Waals surface area contributed by atoms with Crippen LogP contribution in [0.1, 0.15) is 19.3 Å². The van der Waals surface area contributed by atoms with Gasteiger partial charge in [0.05, 0.1) is 0 Å². The molecule has 0 bridgehead atoms. The minimum atomic E-state index is -0.280. The van der Waals surface area contributed by atoms with Gasteiger partial charge in [-0.15, -0.1) is 0 Å². The fourth-order valence-corrected chi connectivity index (χ4v) is 1.59. The molecule has 1 heterocycles. The highest BCUT2D eigenvalue weighted by Gasteiger charge is 2.28. The summed E-state index contributed by atoms with van der Waals surface area (Å²) in [5.41, 5.74) is 0. The van der Waals surface area contributed by atoms with Gasteiger partial charge in [-0.05, 0) is 19.3 Å². The zero-order valence-electron chi connectivity index (χ0n) is 8.49. The summed E-state index contributed by atoms with van der Waals surface area (Å²) in [6.07, 6.45) is 2.62. The highest BCUT2D eigenvalue weighted by atomic mass is 16.7. The van der Waals surface area contributed by atoms with Gasteiger partial charge in [-0.25, -0.2) is 0 Å². The molecule has 4 nitrogen and oxygen atoms in total. The van der Waals surface area contributed by atoms with E-state index in [-0.39, 0.29) is 18.7 Å². The molecule has 1 fully saturated rings. The SMILES string of the molecule is COC1CCCC(C(OC)OC)O1. The quantitative estimate of drug-likeness (QED) is 0.623. The molecule has 1 aliphatic rings. The Morgan fingerprint density at radius 1 is 1.15 bits per heavy atom. The first kappa shape index (κ1) is 10.9. The van der Waals surface area contributed by atoms with Crippen LogP contribution in [0.4, 0.5) is 0 Å². The van der Waals surface area contributed by atoms with E-state index in [0.717, 1.165) is 19.3 Å². The Hall–Kier alpha value is -0.160. The fraction of sp³-hybridized carbons (Fsp3) is 1.00. The maximum atomic E-state index is 5.61. The van der Waals surface area contributed by atoms with Crippen LogP contribution in [0.25, 0.3) is 0 Å². The van der Waals surface area contributed by atoms with Crippen LogP contribution >= 0.6 is 0 Å². The van der Waals surface area contributed by atoms with Gasteiger partial charge in [0.2, 0.25) is 0 Å². The molecule has 0 N–H and O–H groups in total. The van der Waals surface area contributed by atoms with Crippen LogP contribution in [0.5, 0.6) is 0 Å². The standard InChI is InChI=1S/C9H18O4/c1-10-8-6-4-5-7(13-8)9(11-2)12-3/h7-9H,4-6H2,1-3H3. The van der Waals surface area contributed by atoms with Crippen molar-refractivity contribution in [2.24, 2.45) is 0 Å². The van der Waals surface area contributed by atoms with E-state index in [2.05, 4.69) is 0 Å². The molecule has 0 aromatic carbocycles. The van der Waals surface area contributed by atoms with E-state index < -0.39 is 0 Å². The highest BCUT2D eigenvalue weighted by Crippen LogP contribution is 2.22. The Labute approximate surface area is 79.1 Å². The summed E-state index contributed by atoms with van der Waals surface area (Å²) in [5.74, 6) is 0. The van der Waals surface area contributed by atoms with Gasteiger partial charge in [0, 0.05) is 21.3 Å². The van der Waals surface area contributed by atoms with E-state index in [1.807, 2.05) is 0 Å². The maximum absolute atomic E-state index is 5.61. The summed E-state index contributed by atoms with van der Waals surface area (Å²) in [5, 5.41) is 0. The van der Waals surface area contributed by atoms with Crippen LogP contribution in [-0.4, -0.2) is 40.0 Å². The predicted molar refractivity (Wildman–Crippen MR) is 47.3 cm³/mol. The normalized spacial score (nSPS) is 29.5. The molecule has 2 unspecified atom stereocenters. The Kier molecular flexibility index (Phi) is 4.66. The van der Waals surface area contributed by atoms with E-state index in [1.54, 1.807) is 21.3 Å². The average Bonchev–Trinajstić information content (AvgIpc) is 2.20. The molecule has 13 heavy (non-hydrogen) atoms. The molecule has 0 saturated carbocycles. The van der Waals surface area contributed by atoms with Gasteiger partial charge >= 0.3 is 0 Å². The van der Waals surface area contributed by atoms with Crippen molar-refractivity contribution in [2.45, 2.75) is 37.9 Å². The molecule has 0 aliphatic carbocycles. The number of ether oxygens (including phenoxy) is 4. The van der Waals surface area contributed by atoms with Crippen LogP contribution in [-0.2, 0) is 18.9 Å². The third-order valence-corrected chi connectivity index (χ3v) is 2.29. The molecule has 1 aliphatic heterocycles. The van der Waals surface area contributed by atoms with Crippen LogP contribution in [0.15, 0.2) is 0 Å². The number of methoxy groups -OCH3 is 3. The van der Waals surface area contributed by atoms with E-state index in [0.29, 0.717) is 0 Å². The van der Waals surface area contributed by atoms with Crippen LogP contribution in [0, 0.1) is 0 Å². The monoisotopic (exact) mass is 190 g/mol. The molecule has 78 valence electrons. The molecular weight excluding hydrogens is 172 g/mol. The second-order valence-corrected chi connectivity index (χ2v) is 3.11. The van der Waals surface area contributed by atoms with E-state index >= 15 is 0 Å². The van der Waals surface area contributed by atoms with E-state index in [1.165, 1.54) is 0 Å². The molecule has 2 atom stereocenters. The van der Waals surface area contributed by atoms with Gasteiger partial charge in [-0.2, -0.15) is 0 Å². The molecule has 0 aromatic heterocycles.